The summed E-state index contributed by atoms with van der Waals surface area (Å²) >= 11 is 0. The maximum atomic E-state index is 6.93. The first-order valence-corrected chi connectivity index (χ1v) is 22.8. The Hall–Kier alpha value is -6.03. The Balaban J connectivity index is 0.00000592. The topological polar surface area (TPSA) is 35.9 Å². The molecule has 0 saturated carbocycles. The number of nitrogens with zero attached hydrogens (tertiary/aromatic N) is 4. The summed E-state index contributed by atoms with van der Waals surface area (Å²) in [6, 6.07) is 56.9. The molecule has 0 aliphatic carbocycles. The molecule has 0 unspecified atom stereocenters. The van der Waals surface area contributed by atoms with E-state index >= 15 is 0 Å². The van der Waals surface area contributed by atoms with Gasteiger partial charge in [0.1, 0.15) is 5.82 Å². The normalized spacial score (nSPS) is 12.4. The van der Waals surface area contributed by atoms with E-state index in [2.05, 4.69) is 249 Å². The number of para-hydroxylation sites is 1. The van der Waals surface area contributed by atoms with Gasteiger partial charge in [-0.15, -0.1) is 35.2 Å². The molecule has 3 aromatic heterocycles. The maximum absolute atomic E-state index is 6.93. The average Bonchev–Trinajstić information content (AvgIpc) is 3.85. The van der Waals surface area contributed by atoms with E-state index in [4.69, 9.17) is 9.72 Å². The summed E-state index contributed by atoms with van der Waals surface area (Å²) in [5.74, 6) is 2.02. The van der Waals surface area contributed by atoms with Crippen molar-refractivity contribution in [3.8, 4) is 50.9 Å². The van der Waals surface area contributed by atoms with Crippen molar-refractivity contribution in [2.45, 2.75) is 105 Å². The molecule has 0 saturated heterocycles. The molecule has 6 heteroatoms. The number of hydrogen-bond donors (Lipinski definition) is 0. The van der Waals surface area contributed by atoms with E-state index in [1.54, 1.807) is 0 Å². The molecule has 6 aromatic carbocycles. The predicted octanol–water partition coefficient (Wildman–Crippen LogP) is 15.0. The molecule has 0 radical (unpaired) electrons. The largest absolute Gasteiger partial charge is 0.510 e. The van der Waals surface area contributed by atoms with Crippen molar-refractivity contribution in [2.24, 2.45) is 0 Å². The van der Waals surface area contributed by atoms with Gasteiger partial charge in [-0.2, -0.15) is 12.1 Å². The quantitative estimate of drug-likeness (QED) is 0.118. The van der Waals surface area contributed by atoms with Crippen molar-refractivity contribution < 1.29 is 30.4 Å². The van der Waals surface area contributed by atoms with Gasteiger partial charge < -0.3 is 13.9 Å². The fourth-order valence-electron chi connectivity index (χ4n) is 8.92. The van der Waals surface area contributed by atoms with E-state index in [0.717, 1.165) is 55.8 Å². The minimum Gasteiger partial charge on any atom is -0.510 e. The van der Waals surface area contributed by atoms with Crippen LogP contribution in [0.25, 0.3) is 61.3 Å². The predicted molar refractivity (Wildman–Crippen MR) is 268 cm³/mol. The van der Waals surface area contributed by atoms with Crippen LogP contribution in [0.1, 0.15) is 106 Å². The third-order valence-corrected chi connectivity index (χ3v) is 12.2. The van der Waals surface area contributed by atoms with Crippen LogP contribution in [0.5, 0.6) is 11.5 Å². The zero-order valence-corrected chi connectivity index (χ0v) is 42.6. The van der Waals surface area contributed by atoms with Gasteiger partial charge in [0.15, 0.2) is 0 Å². The average molecular weight is 1050 g/mol. The Bertz CT molecular complexity index is 3200. The molecule has 5 nitrogen and oxygen atoms in total. The van der Waals surface area contributed by atoms with Crippen molar-refractivity contribution in [2.75, 3.05) is 0 Å². The maximum Gasteiger partial charge on any atom is 0.267 e. The fraction of sp³-hybridized carbons (Fsp3) is 0.267. The SMILES string of the molecule is CC(C)(C)c1cc(-c2ccccc2)cc(-[n+]2[c-]n(-c3[c-]c(Oc4[c-]c5c(cc4)c4ccccc4n5-c4cc(C(C)(C)C)ccn4)cc(-c4ccccc4)c3)c(C(C)(C)C)c2C(C)(C)C)c1.[Pt]. The second-order valence-electron chi connectivity index (χ2n) is 21.5. The molecule has 0 aliphatic rings. The monoisotopic (exact) mass is 1050 g/mol. The number of benzene rings is 6. The molecular weight excluding hydrogens is 988 g/mol. The van der Waals surface area contributed by atoms with Gasteiger partial charge in [-0.05, 0) is 90.9 Å². The van der Waals surface area contributed by atoms with Crippen molar-refractivity contribution in [3.05, 3.63) is 187 Å². The standard InChI is InChI=1S/C60H60N4O.Pt/c1-57(2,3)44-29-30-61-54(36-44)64-52-26-20-19-25-50(52)51-28-27-48(38-53(51)64)65-49-34-43(41-23-17-14-18-24-41)33-47(37-49)63-39-62(55(59(7,8)9)56(63)60(10,11)12)46-32-42(40-21-15-13-16-22-40)31-45(35-46)58(4,5)6;/h13-36H,1-12H3;/q-2;. The minimum atomic E-state index is -0.281. The third-order valence-electron chi connectivity index (χ3n) is 12.2. The summed E-state index contributed by atoms with van der Waals surface area (Å²) in [6.07, 6.45) is 5.84. The molecule has 0 aliphatic heterocycles. The molecule has 3 heterocycles. The molecule has 0 spiro atoms. The van der Waals surface area contributed by atoms with Crippen LogP contribution in [0.4, 0.5) is 0 Å². The summed E-state index contributed by atoms with van der Waals surface area (Å²) in [6.45, 7) is 27.3. The Kier molecular flexibility index (Phi) is 12.2. The van der Waals surface area contributed by atoms with Crippen LogP contribution in [0.2, 0.25) is 0 Å². The third kappa shape index (κ3) is 9.08. The van der Waals surface area contributed by atoms with E-state index in [1.807, 2.05) is 12.3 Å². The van der Waals surface area contributed by atoms with Gasteiger partial charge in [-0.25, -0.2) is 4.98 Å². The zero-order valence-electron chi connectivity index (χ0n) is 40.4. The Morgan fingerprint density at radius 2 is 1.14 bits per heavy atom. The number of hydrogen-bond acceptors (Lipinski definition) is 2. The molecule has 0 N–H and O–H groups in total. The number of ether oxygens (including phenoxy) is 1. The van der Waals surface area contributed by atoms with Gasteiger partial charge in [-0.1, -0.05) is 174 Å². The van der Waals surface area contributed by atoms with E-state index in [-0.39, 0.29) is 42.7 Å². The first-order valence-electron chi connectivity index (χ1n) is 22.8. The number of fused-ring (bicyclic) bond motifs is 3. The fourth-order valence-corrected chi connectivity index (χ4v) is 8.92. The molecule has 0 amide bonds. The van der Waals surface area contributed by atoms with Crippen LogP contribution in [0.3, 0.4) is 0 Å². The summed E-state index contributed by atoms with van der Waals surface area (Å²) < 4.78 is 13.7. The molecular formula is C60H60N4OPt-2. The minimum absolute atomic E-state index is 0. The molecule has 9 aromatic rings. The van der Waals surface area contributed by atoms with Gasteiger partial charge in [0, 0.05) is 44.3 Å². The molecule has 0 bridgehead atoms. The molecule has 9 rings (SSSR count). The molecule has 66 heavy (non-hydrogen) atoms. The van der Waals surface area contributed by atoms with E-state index < -0.39 is 0 Å². The number of rotatable bonds is 7. The van der Waals surface area contributed by atoms with Crippen molar-refractivity contribution in [1.29, 1.82) is 0 Å². The van der Waals surface area contributed by atoms with Gasteiger partial charge in [0.25, 0.3) is 6.33 Å². The Labute approximate surface area is 406 Å². The van der Waals surface area contributed by atoms with Crippen LogP contribution in [0.15, 0.2) is 146 Å². The van der Waals surface area contributed by atoms with Crippen LogP contribution in [0, 0.1) is 18.5 Å². The van der Waals surface area contributed by atoms with Gasteiger partial charge in [0.2, 0.25) is 0 Å². The molecule has 0 fully saturated rings. The second-order valence-corrected chi connectivity index (χ2v) is 21.5. The van der Waals surface area contributed by atoms with Crippen LogP contribution < -0.4 is 9.30 Å². The van der Waals surface area contributed by atoms with Gasteiger partial charge in [-0.3, -0.25) is 4.57 Å². The van der Waals surface area contributed by atoms with Crippen LogP contribution in [-0.2, 0) is 42.7 Å². The van der Waals surface area contributed by atoms with Gasteiger partial charge >= 0.3 is 0 Å². The van der Waals surface area contributed by atoms with Crippen molar-refractivity contribution in [1.82, 2.24) is 14.1 Å². The van der Waals surface area contributed by atoms with Gasteiger partial charge in [0.05, 0.1) is 17.1 Å². The smallest absolute Gasteiger partial charge is 0.267 e. The van der Waals surface area contributed by atoms with Crippen LogP contribution in [-0.4, -0.2) is 14.1 Å². The number of imidazole rings is 1. The molecule has 0 atom stereocenters. The van der Waals surface area contributed by atoms with Crippen molar-refractivity contribution in [3.63, 3.8) is 0 Å². The first kappa shape index (κ1) is 46.5. The number of aromatic nitrogens is 4. The van der Waals surface area contributed by atoms with E-state index in [9.17, 15) is 0 Å². The summed E-state index contributed by atoms with van der Waals surface area (Å²) in [7, 11) is 0. The Morgan fingerprint density at radius 3 is 1.76 bits per heavy atom. The van der Waals surface area contributed by atoms with Crippen LogP contribution >= 0.6 is 0 Å². The summed E-state index contributed by atoms with van der Waals surface area (Å²) in [5, 5.41) is 2.22. The Morgan fingerprint density at radius 1 is 0.515 bits per heavy atom. The second kappa shape index (κ2) is 17.3. The number of pyridine rings is 1. The molecule has 338 valence electrons. The van der Waals surface area contributed by atoms with E-state index in [1.165, 1.54) is 27.9 Å². The zero-order chi connectivity index (χ0) is 46.1. The first-order chi connectivity index (χ1) is 30.7. The van der Waals surface area contributed by atoms with E-state index in [0.29, 0.717) is 11.5 Å². The summed E-state index contributed by atoms with van der Waals surface area (Å²) in [5.41, 5.74) is 12.5. The summed E-state index contributed by atoms with van der Waals surface area (Å²) in [4.78, 5) is 4.90. The van der Waals surface area contributed by atoms with Crippen molar-refractivity contribution >= 4 is 21.8 Å².